The van der Waals surface area contributed by atoms with E-state index >= 15 is 0 Å². The zero-order chi connectivity index (χ0) is 13.8. The van der Waals surface area contributed by atoms with E-state index in [1.807, 2.05) is 17.9 Å². The molecule has 0 spiro atoms. The number of phenols is 1. The number of carbonyl (C=O) groups is 1. The summed E-state index contributed by atoms with van der Waals surface area (Å²) in [5.41, 5.74) is 0.682. The van der Waals surface area contributed by atoms with Crippen LogP contribution in [-0.2, 0) is 16.0 Å². The number of nitrogens with zero attached hydrogens (tertiary/aromatic N) is 1. The van der Waals surface area contributed by atoms with Crippen LogP contribution in [0.25, 0.3) is 0 Å². The molecule has 2 unspecified atom stereocenters. The van der Waals surface area contributed by atoms with Gasteiger partial charge < -0.3 is 14.7 Å². The van der Waals surface area contributed by atoms with Crippen molar-refractivity contribution in [1.82, 2.24) is 4.90 Å². The van der Waals surface area contributed by atoms with Gasteiger partial charge in [0.25, 0.3) is 0 Å². The number of amides is 1. The number of para-hydroxylation sites is 1. The first-order valence-electron chi connectivity index (χ1n) is 6.79. The molecule has 1 aromatic rings. The summed E-state index contributed by atoms with van der Waals surface area (Å²) in [6.45, 7) is 5.27. The molecular formula is C15H21NO3. The van der Waals surface area contributed by atoms with Crippen LogP contribution < -0.4 is 0 Å². The summed E-state index contributed by atoms with van der Waals surface area (Å²) in [5, 5.41) is 9.74. The van der Waals surface area contributed by atoms with Gasteiger partial charge in [0.1, 0.15) is 5.75 Å². The summed E-state index contributed by atoms with van der Waals surface area (Å²) in [4.78, 5) is 14.3. The fraction of sp³-hybridized carbons (Fsp3) is 0.533. The van der Waals surface area contributed by atoms with Gasteiger partial charge in [-0.25, -0.2) is 0 Å². The fourth-order valence-electron chi connectivity index (χ4n) is 2.41. The molecule has 1 heterocycles. The van der Waals surface area contributed by atoms with E-state index in [9.17, 15) is 9.90 Å². The second-order valence-corrected chi connectivity index (χ2v) is 5.06. The molecular weight excluding hydrogens is 242 g/mol. The van der Waals surface area contributed by atoms with Gasteiger partial charge in [0, 0.05) is 12.1 Å². The average Bonchev–Trinajstić information content (AvgIpc) is 2.41. The van der Waals surface area contributed by atoms with Crippen LogP contribution in [0, 0.1) is 0 Å². The third-order valence-electron chi connectivity index (χ3n) is 3.59. The van der Waals surface area contributed by atoms with E-state index in [1.165, 1.54) is 0 Å². The van der Waals surface area contributed by atoms with Crippen molar-refractivity contribution in [3.8, 4) is 5.75 Å². The van der Waals surface area contributed by atoms with Crippen LogP contribution in [0.2, 0.25) is 0 Å². The van der Waals surface area contributed by atoms with Gasteiger partial charge >= 0.3 is 0 Å². The lowest BCUT2D eigenvalue weighted by Crippen LogP contribution is -2.51. The summed E-state index contributed by atoms with van der Waals surface area (Å²) in [6, 6.07) is 7.14. The summed E-state index contributed by atoms with van der Waals surface area (Å²) in [6.07, 6.45) is 1.21. The Morgan fingerprint density at radius 2 is 2.21 bits per heavy atom. The number of hydrogen-bond acceptors (Lipinski definition) is 3. The molecule has 0 saturated carbocycles. The molecule has 0 aromatic heterocycles. The highest BCUT2D eigenvalue weighted by atomic mass is 16.5. The van der Waals surface area contributed by atoms with Crippen molar-refractivity contribution in [3.63, 3.8) is 0 Å². The summed E-state index contributed by atoms with van der Waals surface area (Å²) < 4.78 is 5.59. The molecule has 4 nitrogen and oxygen atoms in total. The highest BCUT2D eigenvalue weighted by Crippen LogP contribution is 2.20. The molecule has 2 rings (SSSR count). The molecule has 2 atom stereocenters. The number of ether oxygens (including phenoxy) is 1. The second-order valence-electron chi connectivity index (χ2n) is 5.06. The Hall–Kier alpha value is -1.55. The van der Waals surface area contributed by atoms with Crippen LogP contribution in [0.1, 0.15) is 25.8 Å². The van der Waals surface area contributed by atoms with Crippen molar-refractivity contribution >= 4 is 5.91 Å². The quantitative estimate of drug-likeness (QED) is 0.907. The lowest BCUT2D eigenvalue weighted by Gasteiger charge is -2.38. The van der Waals surface area contributed by atoms with Crippen LogP contribution >= 0.6 is 0 Å². The topological polar surface area (TPSA) is 49.8 Å². The predicted molar refractivity (Wildman–Crippen MR) is 73.0 cm³/mol. The van der Waals surface area contributed by atoms with Crippen molar-refractivity contribution < 1.29 is 14.6 Å². The first-order valence-corrected chi connectivity index (χ1v) is 6.79. The van der Waals surface area contributed by atoms with Gasteiger partial charge in [-0.3, -0.25) is 4.79 Å². The first kappa shape index (κ1) is 13.9. The minimum absolute atomic E-state index is 0.0588. The minimum atomic E-state index is 0.0588. The maximum atomic E-state index is 12.4. The third kappa shape index (κ3) is 3.26. The largest absolute Gasteiger partial charge is 0.508 e. The lowest BCUT2D eigenvalue weighted by atomic mass is 10.1. The number of benzene rings is 1. The van der Waals surface area contributed by atoms with Crippen LogP contribution in [0.15, 0.2) is 24.3 Å². The summed E-state index contributed by atoms with van der Waals surface area (Å²) in [5.74, 6) is 0.244. The standard InChI is InChI=1S/C15H21NO3/c1-3-13-10-19-11(2)9-16(13)15(18)8-12-6-4-5-7-14(12)17/h4-7,11,13,17H,3,8-10H2,1-2H3. The lowest BCUT2D eigenvalue weighted by molar-refractivity contribution is -0.143. The predicted octanol–water partition coefficient (Wildman–Crippen LogP) is 1.96. The Balaban J connectivity index is 2.07. The second kappa shape index (κ2) is 6.06. The molecule has 1 aliphatic rings. The number of phenolic OH excluding ortho intramolecular Hbond substituents is 1. The SMILES string of the molecule is CCC1COC(C)CN1C(=O)Cc1ccccc1O. The molecule has 1 saturated heterocycles. The van der Waals surface area contributed by atoms with Crippen molar-refractivity contribution in [1.29, 1.82) is 0 Å². The molecule has 1 N–H and O–H groups in total. The minimum Gasteiger partial charge on any atom is -0.508 e. The highest BCUT2D eigenvalue weighted by molar-refractivity contribution is 5.80. The molecule has 1 fully saturated rings. The molecule has 1 aromatic carbocycles. The Morgan fingerprint density at radius 3 is 2.89 bits per heavy atom. The van der Waals surface area contributed by atoms with Gasteiger partial charge in [-0.1, -0.05) is 25.1 Å². The normalized spacial score (nSPS) is 23.4. The van der Waals surface area contributed by atoms with Gasteiger partial charge in [-0.05, 0) is 19.4 Å². The van der Waals surface area contributed by atoms with E-state index in [2.05, 4.69) is 6.92 Å². The first-order chi connectivity index (χ1) is 9.11. The number of carbonyl (C=O) groups excluding carboxylic acids is 1. The fourth-order valence-corrected chi connectivity index (χ4v) is 2.41. The Labute approximate surface area is 114 Å². The van der Waals surface area contributed by atoms with E-state index in [1.54, 1.807) is 18.2 Å². The van der Waals surface area contributed by atoms with E-state index in [4.69, 9.17) is 4.74 Å². The van der Waals surface area contributed by atoms with Gasteiger partial charge in [0.15, 0.2) is 0 Å². The molecule has 0 radical (unpaired) electrons. The van der Waals surface area contributed by atoms with Crippen molar-refractivity contribution in [2.24, 2.45) is 0 Å². The molecule has 104 valence electrons. The molecule has 0 bridgehead atoms. The zero-order valence-corrected chi connectivity index (χ0v) is 11.5. The number of hydrogen-bond donors (Lipinski definition) is 1. The number of aromatic hydroxyl groups is 1. The maximum absolute atomic E-state index is 12.4. The van der Waals surface area contributed by atoms with Crippen LogP contribution in [-0.4, -0.2) is 41.2 Å². The third-order valence-corrected chi connectivity index (χ3v) is 3.59. The van der Waals surface area contributed by atoms with E-state index in [0.717, 1.165) is 6.42 Å². The Bertz CT molecular complexity index is 447. The van der Waals surface area contributed by atoms with Crippen molar-refractivity contribution in [2.75, 3.05) is 13.2 Å². The number of rotatable bonds is 3. The van der Waals surface area contributed by atoms with Crippen LogP contribution in [0.4, 0.5) is 0 Å². The molecule has 19 heavy (non-hydrogen) atoms. The summed E-state index contributed by atoms with van der Waals surface area (Å²) in [7, 11) is 0. The van der Waals surface area contributed by atoms with Gasteiger partial charge in [0.05, 0.1) is 25.2 Å². The Kier molecular flexibility index (Phi) is 4.43. The molecule has 4 heteroatoms. The van der Waals surface area contributed by atoms with Gasteiger partial charge in [-0.2, -0.15) is 0 Å². The highest BCUT2D eigenvalue weighted by Gasteiger charge is 2.29. The van der Waals surface area contributed by atoms with Crippen molar-refractivity contribution in [3.05, 3.63) is 29.8 Å². The number of morpholine rings is 1. The average molecular weight is 263 g/mol. The van der Waals surface area contributed by atoms with Crippen molar-refractivity contribution in [2.45, 2.75) is 38.8 Å². The maximum Gasteiger partial charge on any atom is 0.227 e. The van der Waals surface area contributed by atoms with E-state index in [-0.39, 0.29) is 30.2 Å². The molecule has 0 aliphatic carbocycles. The monoisotopic (exact) mass is 263 g/mol. The van der Waals surface area contributed by atoms with Gasteiger partial charge in [-0.15, -0.1) is 0 Å². The van der Waals surface area contributed by atoms with E-state index in [0.29, 0.717) is 18.7 Å². The molecule has 1 amide bonds. The zero-order valence-electron chi connectivity index (χ0n) is 11.5. The Morgan fingerprint density at radius 1 is 1.47 bits per heavy atom. The van der Waals surface area contributed by atoms with Crippen LogP contribution in [0.3, 0.4) is 0 Å². The summed E-state index contributed by atoms with van der Waals surface area (Å²) >= 11 is 0. The van der Waals surface area contributed by atoms with Crippen LogP contribution in [0.5, 0.6) is 5.75 Å². The van der Waals surface area contributed by atoms with Gasteiger partial charge in [0.2, 0.25) is 5.91 Å². The molecule has 1 aliphatic heterocycles. The van der Waals surface area contributed by atoms with E-state index < -0.39 is 0 Å². The smallest absolute Gasteiger partial charge is 0.227 e.